The Hall–Kier alpha value is -0.795. The zero-order valence-corrected chi connectivity index (χ0v) is 11.8. The molecule has 3 rings (SSSR count). The lowest BCUT2D eigenvalue weighted by molar-refractivity contribution is 0.123. The van der Waals surface area contributed by atoms with E-state index in [4.69, 9.17) is 9.31 Å². The monoisotopic (exact) mass is 258 g/mol. The van der Waals surface area contributed by atoms with Crippen LogP contribution in [0.1, 0.15) is 56.4 Å². The van der Waals surface area contributed by atoms with Gasteiger partial charge in [0.05, 0.1) is 0 Å². The van der Waals surface area contributed by atoms with Gasteiger partial charge in [-0.05, 0) is 42.6 Å². The first-order valence-electron chi connectivity index (χ1n) is 7.65. The highest BCUT2D eigenvalue weighted by molar-refractivity contribution is 6.61. The first-order chi connectivity index (χ1) is 9.38. The zero-order valence-electron chi connectivity index (χ0n) is 11.8. The van der Waals surface area contributed by atoms with Crippen molar-refractivity contribution in [2.75, 3.05) is 7.11 Å². The minimum absolute atomic E-state index is 0.181. The van der Waals surface area contributed by atoms with Gasteiger partial charge in [-0.15, -0.1) is 0 Å². The third-order valence-corrected chi connectivity index (χ3v) is 4.35. The minimum atomic E-state index is -0.181. The Bertz CT molecular complexity index is 411. The Balaban J connectivity index is 1.73. The topological polar surface area (TPSA) is 18.5 Å². The lowest BCUT2D eigenvalue weighted by Gasteiger charge is -2.26. The maximum absolute atomic E-state index is 6.22. The molecule has 0 bridgehead atoms. The van der Waals surface area contributed by atoms with Gasteiger partial charge in [0, 0.05) is 13.2 Å². The van der Waals surface area contributed by atoms with Gasteiger partial charge < -0.3 is 9.31 Å². The summed E-state index contributed by atoms with van der Waals surface area (Å²) in [6.45, 7) is 0. The minimum Gasteiger partial charge on any atom is -0.410 e. The highest BCUT2D eigenvalue weighted by Crippen LogP contribution is 2.39. The normalized spacial score (nSPS) is 20.5. The molecule has 0 spiro atoms. The summed E-state index contributed by atoms with van der Waals surface area (Å²) in [4.78, 5) is 0. The molecule has 0 atom stereocenters. The van der Waals surface area contributed by atoms with Crippen LogP contribution in [0.2, 0.25) is 0 Å². The molecule has 3 heteroatoms. The van der Waals surface area contributed by atoms with Crippen LogP contribution in [0.15, 0.2) is 24.3 Å². The van der Waals surface area contributed by atoms with E-state index < -0.39 is 0 Å². The second-order valence-electron chi connectivity index (χ2n) is 5.87. The summed E-state index contributed by atoms with van der Waals surface area (Å²) in [5, 5.41) is 0. The molecule has 2 fully saturated rings. The lowest BCUT2D eigenvalue weighted by Crippen LogP contribution is -2.41. The Morgan fingerprint density at radius 1 is 1.00 bits per heavy atom. The molecule has 0 aromatic heterocycles. The van der Waals surface area contributed by atoms with Crippen molar-refractivity contribution < 1.29 is 9.31 Å². The van der Waals surface area contributed by atoms with Crippen LogP contribution in [0.3, 0.4) is 0 Å². The van der Waals surface area contributed by atoms with Gasteiger partial charge in [0.1, 0.15) is 0 Å². The van der Waals surface area contributed by atoms with Crippen LogP contribution in [0.5, 0.6) is 0 Å². The van der Waals surface area contributed by atoms with Crippen molar-refractivity contribution in [1.82, 2.24) is 0 Å². The van der Waals surface area contributed by atoms with Crippen LogP contribution < -0.4 is 5.46 Å². The standard InChI is InChI=1S/C16H23BO2/c1-18-17(19-14-7-3-2-4-8-14)16-10-6-5-9-15(16)13-11-12-13/h5-6,9-10,13-14H,2-4,7-8,11-12H2,1H3. The Labute approximate surface area is 116 Å². The average Bonchev–Trinajstić information content (AvgIpc) is 3.30. The van der Waals surface area contributed by atoms with Crippen molar-refractivity contribution in [2.45, 2.75) is 57.0 Å². The molecule has 1 aromatic rings. The van der Waals surface area contributed by atoms with Crippen LogP contribution in [0.25, 0.3) is 0 Å². The van der Waals surface area contributed by atoms with Gasteiger partial charge in [-0.3, -0.25) is 0 Å². The average molecular weight is 258 g/mol. The molecule has 2 aliphatic rings. The van der Waals surface area contributed by atoms with Crippen LogP contribution >= 0.6 is 0 Å². The number of rotatable bonds is 5. The molecule has 102 valence electrons. The largest absolute Gasteiger partial charge is 0.494 e. The molecule has 1 aromatic carbocycles. The summed E-state index contributed by atoms with van der Waals surface area (Å²) in [6, 6.07) is 8.63. The van der Waals surface area contributed by atoms with Gasteiger partial charge in [-0.25, -0.2) is 0 Å². The fraction of sp³-hybridized carbons (Fsp3) is 0.625. The van der Waals surface area contributed by atoms with E-state index in [0.717, 1.165) is 5.92 Å². The lowest BCUT2D eigenvalue weighted by atomic mass is 9.74. The maximum Gasteiger partial charge on any atom is 0.494 e. The number of benzene rings is 1. The van der Waals surface area contributed by atoms with Gasteiger partial charge in [0.2, 0.25) is 0 Å². The van der Waals surface area contributed by atoms with Crippen molar-refractivity contribution >= 4 is 12.6 Å². The molecule has 0 N–H and O–H groups in total. The van der Waals surface area contributed by atoms with E-state index in [-0.39, 0.29) is 7.12 Å². The molecule has 2 aliphatic carbocycles. The zero-order chi connectivity index (χ0) is 13.1. The number of hydrogen-bond acceptors (Lipinski definition) is 2. The summed E-state index contributed by atoms with van der Waals surface area (Å²) < 4.78 is 11.9. The van der Waals surface area contributed by atoms with Crippen molar-refractivity contribution in [3.63, 3.8) is 0 Å². The van der Waals surface area contributed by atoms with E-state index in [1.54, 1.807) is 7.11 Å². The molecule has 2 nitrogen and oxygen atoms in total. The Kier molecular flexibility index (Phi) is 4.24. The number of hydrogen-bond donors (Lipinski definition) is 0. The highest BCUT2D eigenvalue weighted by Gasteiger charge is 2.33. The maximum atomic E-state index is 6.22. The van der Waals surface area contributed by atoms with Gasteiger partial charge in [0.15, 0.2) is 0 Å². The summed E-state index contributed by atoms with van der Waals surface area (Å²) >= 11 is 0. The fourth-order valence-electron chi connectivity index (χ4n) is 3.12. The predicted octanol–water partition coefficient (Wildman–Crippen LogP) is 3.25. The summed E-state index contributed by atoms with van der Waals surface area (Å²) in [6.07, 6.45) is 9.34. The van der Waals surface area contributed by atoms with E-state index in [2.05, 4.69) is 24.3 Å². The molecular weight excluding hydrogens is 235 g/mol. The molecule has 0 unspecified atom stereocenters. The third kappa shape index (κ3) is 3.21. The van der Waals surface area contributed by atoms with Crippen molar-refractivity contribution in [2.24, 2.45) is 0 Å². The van der Waals surface area contributed by atoms with Gasteiger partial charge in [0.25, 0.3) is 0 Å². The molecule has 19 heavy (non-hydrogen) atoms. The third-order valence-electron chi connectivity index (χ3n) is 4.35. The van der Waals surface area contributed by atoms with E-state index in [1.807, 2.05) is 0 Å². The Morgan fingerprint density at radius 2 is 1.74 bits per heavy atom. The van der Waals surface area contributed by atoms with E-state index in [0.29, 0.717) is 6.10 Å². The molecule has 0 saturated heterocycles. The van der Waals surface area contributed by atoms with Crippen molar-refractivity contribution in [3.05, 3.63) is 29.8 Å². The second-order valence-corrected chi connectivity index (χ2v) is 5.87. The molecule has 0 aliphatic heterocycles. The van der Waals surface area contributed by atoms with Crippen molar-refractivity contribution in [1.29, 1.82) is 0 Å². The Morgan fingerprint density at radius 3 is 2.42 bits per heavy atom. The summed E-state index contributed by atoms with van der Waals surface area (Å²) in [5.41, 5.74) is 2.68. The van der Waals surface area contributed by atoms with Crippen LogP contribution in [0.4, 0.5) is 0 Å². The van der Waals surface area contributed by atoms with Gasteiger partial charge in [-0.1, -0.05) is 43.5 Å². The smallest absolute Gasteiger partial charge is 0.410 e. The molecule has 2 saturated carbocycles. The predicted molar refractivity (Wildman–Crippen MR) is 78.8 cm³/mol. The SMILES string of the molecule is COB(OC1CCCCC1)c1ccccc1C1CC1. The van der Waals surface area contributed by atoms with Crippen LogP contribution in [-0.4, -0.2) is 20.3 Å². The highest BCUT2D eigenvalue weighted by atomic mass is 16.6. The van der Waals surface area contributed by atoms with Crippen LogP contribution in [0, 0.1) is 0 Å². The first kappa shape index (κ1) is 13.2. The van der Waals surface area contributed by atoms with Crippen LogP contribution in [-0.2, 0) is 9.31 Å². The van der Waals surface area contributed by atoms with E-state index in [9.17, 15) is 0 Å². The van der Waals surface area contributed by atoms with Gasteiger partial charge >= 0.3 is 7.12 Å². The summed E-state index contributed by atoms with van der Waals surface area (Å²) in [7, 11) is 1.58. The van der Waals surface area contributed by atoms with E-state index >= 15 is 0 Å². The van der Waals surface area contributed by atoms with E-state index in [1.165, 1.54) is 56.0 Å². The summed E-state index contributed by atoms with van der Waals surface area (Å²) in [5.74, 6) is 0.740. The second kappa shape index (κ2) is 6.10. The quantitative estimate of drug-likeness (QED) is 0.755. The van der Waals surface area contributed by atoms with Crippen molar-refractivity contribution in [3.8, 4) is 0 Å². The molecule has 0 radical (unpaired) electrons. The molecule has 0 amide bonds. The first-order valence-corrected chi connectivity index (χ1v) is 7.65. The molecular formula is C16H23BO2. The van der Waals surface area contributed by atoms with Gasteiger partial charge in [-0.2, -0.15) is 0 Å². The molecule has 0 heterocycles. The fourth-order valence-corrected chi connectivity index (χ4v) is 3.12.